The van der Waals surface area contributed by atoms with Crippen LogP contribution >= 0.6 is 12.4 Å². The first kappa shape index (κ1) is 15.7. The van der Waals surface area contributed by atoms with Crippen LogP contribution in [0.2, 0.25) is 0 Å². The van der Waals surface area contributed by atoms with E-state index in [2.05, 4.69) is 17.6 Å². The molecule has 1 aliphatic carbocycles. The second kappa shape index (κ2) is 7.91. The second-order valence-electron chi connectivity index (χ2n) is 4.73. The molecule has 0 unspecified atom stereocenters. The highest BCUT2D eigenvalue weighted by Crippen LogP contribution is 2.44. The molecule has 96 valence electrons. The Hall–Kier alpha value is -0.280. The molecule has 1 saturated carbocycles. The quantitative estimate of drug-likeness (QED) is 0.725. The van der Waals surface area contributed by atoms with E-state index in [0.717, 1.165) is 13.1 Å². The number of hydrogen-bond donors (Lipinski definition) is 2. The predicted octanol–water partition coefficient (Wildman–Crippen LogP) is 2.10. The van der Waals surface area contributed by atoms with Gasteiger partial charge in [-0.1, -0.05) is 19.8 Å². The number of nitrogens with one attached hydrogen (secondary N) is 2. The molecule has 1 rings (SSSR count). The van der Waals surface area contributed by atoms with Gasteiger partial charge in [0, 0.05) is 19.5 Å². The summed E-state index contributed by atoms with van der Waals surface area (Å²) < 4.78 is 0. The summed E-state index contributed by atoms with van der Waals surface area (Å²) in [6.07, 6.45) is 7.02. The fraction of sp³-hybridized carbons (Fsp3) is 0.917. The van der Waals surface area contributed by atoms with Crippen LogP contribution in [0.4, 0.5) is 0 Å². The van der Waals surface area contributed by atoms with Crippen molar-refractivity contribution in [3.63, 3.8) is 0 Å². The molecule has 16 heavy (non-hydrogen) atoms. The van der Waals surface area contributed by atoms with Crippen molar-refractivity contribution in [3.8, 4) is 0 Å². The maximum atomic E-state index is 11.4. The van der Waals surface area contributed by atoms with Crippen LogP contribution in [-0.4, -0.2) is 26.0 Å². The van der Waals surface area contributed by atoms with Gasteiger partial charge in [0.15, 0.2) is 0 Å². The Kier molecular flexibility index (Phi) is 7.77. The van der Waals surface area contributed by atoms with Crippen molar-refractivity contribution in [2.24, 2.45) is 5.41 Å². The molecule has 2 N–H and O–H groups in total. The van der Waals surface area contributed by atoms with E-state index in [4.69, 9.17) is 0 Å². The normalized spacial score (nSPS) is 17.1. The van der Waals surface area contributed by atoms with Crippen molar-refractivity contribution in [2.75, 3.05) is 20.1 Å². The minimum Gasteiger partial charge on any atom is -0.356 e. The molecular formula is C12H25ClN2O. The molecule has 0 saturated heterocycles. The Bertz CT molecular complexity index is 205. The highest BCUT2D eigenvalue weighted by Gasteiger charge is 2.35. The molecule has 0 aromatic carbocycles. The number of halogens is 1. The molecule has 0 bridgehead atoms. The summed E-state index contributed by atoms with van der Waals surface area (Å²) in [4.78, 5) is 11.4. The van der Waals surface area contributed by atoms with Gasteiger partial charge in [0.1, 0.15) is 0 Å². The van der Waals surface area contributed by atoms with Crippen LogP contribution in [0.1, 0.15) is 45.4 Å². The van der Waals surface area contributed by atoms with Crippen molar-refractivity contribution in [3.05, 3.63) is 0 Å². The molecule has 0 radical (unpaired) electrons. The largest absolute Gasteiger partial charge is 0.356 e. The van der Waals surface area contributed by atoms with E-state index < -0.39 is 0 Å². The molecule has 0 aliphatic heterocycles. The third-order valence-corrected chi connectivity index (χ3v) is 3.46. The third-order valence-electron chi connectivity index (χ3n) is 3.46. The zero-order chi connectivity index (χ0) is 11.1. The average molecular weight is 249 g/mol. The Morgan fingerprint density at radius 1 is 1.38 bits per heavy atom. The maximum Gasteiger partial charge on any atom is 0.221 e. The Morgan fingerprint density at radius 2 is 2.06 bits per heavy atom. The van der Waals surface area contributed by atoms with Crippen molar-refractivity contribution in [2.45, 2.75) is 45.4 Å². The van der Waals surface area contributed by atoms with Crippen molar-refractivity contribution < 1.29 is 4.79 Å². The van der Waals surface area contributed by atoms with Crippen LogP contribution in [0.3, 0.4) is 0 Å². The van der Waals surface area contributed by atoms with Crippen LogP contribution in [0, 0.1) is 5.41 Å². The van der Waals surface area contributed by atoms with Gasteiger partial charge in [-0.15, -0.1) is 12.4 Å². The molecule has 3 nitrogen and oxygen atoms in total. The number of carbonyl (C=O) groups excluding carboxylic acids is 1. The first-order valence-electron chi connectivity index (χ1n) is 6.14. The highest BCUT2D eigenvalue weighted by atomic mass is 35.5. The van der Waals surface area contributed by atoms with Crippen molar-refractivity contribution >= 4 is 18.3 Å². The van der Waals surface area contributed by atoms with Gasteiger partial charge in [-0.05, 0) is 31.7 Å². The van der Waals surface area contributed by atoms with E-state index in [9.17, 15) is 4.79 Å². The molecule has 0 spiro atoms. The van der Waals surface area contributed by atoms with Gasteiger partial charge in [-0.3, -0.25) is 4.79 Å². The molecule has 4 heteroatoms. The minimum absolute atomic E-state index is 0. The second-order valence-corrected chi connectivity index (χ2v) is 4.73. The van der Waals surface area contributed by atoms with Gasteiger partial charge in [0.25, 0.3) is 0 Å². The number of hydrogen-bond acceptors (Lipinski definition) is 2. The van der Waals surface area contributed by atoms with Crippen molar-refractivity contribution in [1.29, 1.82) is 0 Å². The van der Waals surface area contributed by atoms with Crippen molar-refractivity contribution in [1.82, 2.24) is 10.6 Å². The zero-order valence-electron chi connectivity index (χ0n) is 10.5. The van der Waals surface area contributed by atoms with Gasteiger partial charge in [-0.25, -0.2) is 0 Å². The van der Waals surface area contributed by atoms with E-state index in [1.165, 1.54) is 32.1 Å². The molecule has 0 aromatic heterocycles. The SMILES string of the molecule is CCCC1(CNC(=O)CCNC)CCC1.Cl. The molecule has 1 amide bonds. The minimum atomic E-state index is 0. The first-order valence-corrected chi connectivity index (χ1v) is 6.14. The summed E-state index contributed by atoms with van der Waals surface area (Å²) in [5.74, 6) is 0.187. The summed E-state index contributed by atoms with van der Waals surface area (Å²) >= 11 is 0. The smallest absolute Gasteiger partial charge is 0.221 e. The lowest BCUT2D eigenvalue weighted by atomic mass is 9.66. The zero-order valence-corrected chi connectivity index (χ0v) is 11.3. The van der Waals surface area contributed by atoms with Crippen LogP contribution in [0.15, 0.2) is 0 Å². The van der Waals surface area contributed by atoms with Crippen LogP contribution in [0.25, 0.3) is 0 Å². The van der Waals surface area contributed by atoms with Crippen LogP contribution in [-0.2, 0) is 4.79 Å². The topological polar surface area (TPSA) is 41.1 Å². The number of amides is 1. The lowest BCUT2D eigenvalue weighted by Crippen LogP contribution is -2.42. The van der Waals surface area contributed by atoms with E-state index >= 15 is 0 Å². The maximum absolute atomic E-state index is 11.4. The Balaban J connectivity index is 0.00000225. The molecular weight excluding hydrogens is 224 g/mol. The monoisotopic (exact) mass is 248 g/mol. The predicted molar refractivity (Wildman–Crippen MR) is 70.0 cm³/mol. The number of rotatable bonds is 7. The summed E-state index contributed by atoms with van der Waals surface area (Å²) in [5, 5.41) is 6.05. The molecule has 0 heterocycles. The molecule has 0 atom stereocenters. The Morgan fingerprint density at radius 3 is 2.50 bits per heavy atom. The lowest BCUT2D eigenvalue weighted by molar-refractivity contribution is -0.121. The summed E-state index contributed by atoms with van der Waals surface area (Å²) in [7, 11) is 1.87. The first-order chi connectivity index (χ1) is 7.22. The molecule has 1 aliphatic rings. The molecule has 1 fully saturated rings. The van der Waals surface area contributed by atoms with Gasteiger partial charge in [0.05, 0.1) is 0 Å². The van der Waals surface area contributed by atoms with Gasteiger partial charge >= 0.3 is 0 Å². The van der Waals surface area contributed by atoms with Gasteiger partial charge in [0.2, 0.25) is 5.91 Å². The molecule has 0 aromatic rings. The van der Waals surface area contributed by atoms with Gasteiger partial charge in [-0.2, -0.15) is 0 Å². The van der Waals surface area contributed by atoms with Crippen LogP contribution < -0.4 is 10.6 Å². The highest BCUT2D eigenvalue weighted by molar-refractivity contribution is 5.85. The van der Waals surface area contributed by atoms with E-state index in [-0.39, 0.29) is 18.3 Å². The van der Waals surface area contributed by atoms with E-state index in [1.807, 2.05) is 7.05 Å². The fourth-order valence-electron chi connectivity index (χ4n) is 2.34. The van der Waals surface area contributed by atoms with Gasteiger partial charge < -0.3 is 10.6 Å². The lowest BCUT2D eigenvalue weighted by Gasteiger charge is -2.42. The third kappa shape index (κ3) is 4.71. The standard InChI is InChI=1S/C12H24N2O.ClH/c1-3-6-12(7-4-8-12)10-14-11(15)5-9-13-2;/h13H,3-10H2,1-2H3,(H,14,15);1H. The Labute approximate surface area is 105 Å². The van der Waals surface area contributed by atoms with E-state index in [0.29, 0.717) is 11.8 Å². The van der Waals surface area contributed by atoms with E-state index in [1.54, 1.807) is 0 Å². The van der Waals surface area contributed by atoms with Crippen LogP contribution in [0.5, 0.6) is 0 Å². The summed E-state index contributed by atoms with van der Waals surface area (Å²) in [6.45, 7) is 3.89. The summed E-state index contributed by atoms with van der Waals surface area (Å²) in [5.41, 5.74) is 0.448. The number of carbonyl (C=O) groups is 1. The average Bonchev–Trinajstić information content (AvgIpc) is 2.18. The summed E-state index contributed by atoms with van der Waals surface area (Å²) in [6, 6.07) is 0. The fourth-order valence-corrected chi connectivity index (χ4v) is 2.34.